The largest absolute Gasteiger partial charge is 0.353 e. The summed E-state index contributed by atoms with van der Waals surface area (Å²) in [4.78, 5) is 27.4. The highest BCUT2D eigenvalue weighted by Gasteiger charge is 2.18. The van der Waals surface area contributed by atoms with Gasteiger partial charge in [-0.05, 0) is 23.8 Å². The zero-order valence-electron chi connectivity index (χ0n) is 14.7. The Labute approximate surface area is 198 Å². The number of hydrogen-bond acceptors (Lipinski definition) is 5. The second kappa shape index (κ2) is 12.7. The van der Waals surface area contributed by atoms with Crippen LogP contribution in [-0.4, -0.2) is 15.7 Å². The lowest BCUT2D eigenvalue weighted by molar-refractivity contribution is -0.255. The van der Waals surface area contributed by atoms with Gasteiger partial charge in [0.05, 0.1) is 24.3 Å². The molecule has 5 nitrogen and oxygen atoms in total. The minimum atomic E-state index is -0.639. The van der Waals surface area contributed by atoms with E-state index in [0.717, 1.165) is 25.1 Å². The van der Waals surface area contributed by atoms with Crippen LogP contribution in [-0.2, 0) is 19.4 Å². The van der Waals surface area contributed by atoms with Crippen molar-refractivity contribution in [3.05, 3.63) is 58.1 Å². The number of carbonyl (C=O) groups excluding carboxylic acids is 2. The maximum Gasteiger partial charge on any atom is 0.352 e. The third kappa shape index (κ3) is 8.69. The molecule has 0 bridgehead atoms. The van der Waals surface area contributed by atoms with E-state index in [4.69, 9.17) is 23.2 Å². The molecule has 0 aliphatic heterocycles. The molecule has 0 fully saturated rings. The lowest BCUT2D eigenvalue weighted by Crippen LogP contribution is -2.03. The summed E-state index contributed by atoms with van der Waals surface area (Å²) in [5.41, 5.74) is 2.76. The molecule has 0 aliphatic rings. The zero-order valence-corrected chi connectivity index (χ0v) is 21.0. The fraction of sp³-hybridized carbons (Fsp3) is 0.222. The number of para-hydroxylation sites is 2. The summed E-state index contributed by atoms with van der Waals surface area (Å²) < 4.78 is 0.111. The van der Waals surface area contributed by atoms with Crippen LogP contribution in [0.5, 0.6) is 0 Å². The molecule has 152 valence electrons. The van der Waals surface area contributed by atoms with Crippen LogP contribution < -0.4 is 5.32 Å². The van der Waals surface area contributed by atoms with E-state index in [1.807, 2.05) is 42.5 Å². The Hall–Kier alpha value is -0.800. The highest BCUT2D eigenvalue weighted by atomic mass is 79.9. The first-order chi connectivity index (χ1) is 13.1. The van der Waals surface area contributed by atoms with E-state index in [1.54, 1.807) is 0 Å². The minimum absolute atomic E-state index is 0.104. The van der Waals surface area contributed by atoms with E-state index < -0.39 is 11.9 Å². The SMILES string of the molecule is CC(=O)OOC(C)=O.Clc1cccc(Cl)c1Nc1ccccc1C(Br)C(Br)Br. The third-order valence-electron chi connectivity index (χ3n) is 2.98. The fourth-order valence-corrected chi connectivity index (χ4v) is 3.32. The Balaban J connectivity index is 0.000000416. The minimum Gasteiger partial charge on any atom is -0.353 e. The van der Waals surface area contributed by atoms with Gasteiger partial charge in [-0.2, -0.15) is 0 Å². The zero-order chi connectivity index (χ0) is 21.3. The van der Waals surface area contributed by atoms with Crippen molar-refractivity contribution in [1.29, 1.82) is 0 Å². The van der Waals surface area contributed by atoms with E-state index in [0.29, 0.717) is 15.7 Å². The van der Waals surface area contributed by atoms with Crippen molar-refractivity contribution < 1.29 is 19.4 Å². The average Bonchev–Trinajstić information content (AvgIpc) is 2.63. The Bertz CT molecular complexity index is 787. The van der Waals surface area contributed by atoms with Crippen molar-refractivity contribution >= 4 is 94.3 Å². The lowest BCUT2D eigenvalue weighted by Gasteiger charge is -2.18. The molecule has 28 heavy (non-hydrogen) atoms. The van der Waals surface area contributed by atoms with Crippen LogP contribution in [0, 0.1) is 0 Å². The molecule has 0 saturated carbocycles. The third-order valence-corrected chi connectivity index (χ3v) is 7.11. The van der Waals surface area contributed by atoms with Crippen molar-refractivity contribution in [2.24, 2.45) is 0 Å². The Kier molecular flexibility index (Phi) is 11.4. The van der Waals surface area contributed by atoms with Crippen LogP contribution in [0.15, 0.2) is 42.5 Å². The molecule has 10 heteroatoms. The lowest BCUT2D eigenvalue weighted by atomic mass is 10.1. The van der Waals surface area contributed by atoms with Crippen LogP contribution in [0.2, 0.25) is 10.0 Å². The number of alkyl halides is 3. The highest BCUT2D eigenvalue weighted by Crippen LogP contribution is 2.40. The van der Waals surface area contributed by atoms with Crippen LogP contribution in [0.25, 0.3) is 0 Å². The molecule has 0 aromatic heterocycles. The molecule has 0 amide bonds. The molecular weight excluding hydrogens is 605 g/mol. The molecule has 0 saturated heterocycles. The summed E-state index contributed by atoms with van der Waals surface area (Å²) in [6, 6.07) is 13.4. The molecule has 1 N–H and O–H groups in total. The predicted octanol–water partition coefficient (Wildman–Crippen LogP) is 7.32. The second-order valence-electron chi connectivity index (χ2n) is 5.19. The Morgan fingerprint density at radius 3 is 1.86 bits per heavy atom. The van der Waals surface area contributed by atoms with Crippen LogP contribution >= 0.6 is 71.0 Å². The summed E-state index contributed by atoms with van der Waals surface area (Å²) >= 11 is 23.1. The number of carbonyl (C=O) groups is 2. The van der Waals surface area contributed by atoms with Gasteiger partial charge in [-0.3, -0.25) is 0 Å². The van der Waals surface area contributed by atoms with Crippen LogP contribution in [0.1, 0.15) is 24.2 Å². The average molecular weight is 621 g/mol. The quantitative estimate of drug-likeness (QED) is 0.221. The Morgan fingerprint density at radius 2 is 1.39 bits per heavy atom. The number of benzene rings is 2. The van der Waals surface area contributed by atoms with E-state index in [2.05, 4.69) is 62.9 Å². The van der Waals surface area contributed by atoms with Crippen LogP contribution in [0.4, 0.5) is 11.4 Å². The molecule has 2 aromatic carbocycles. The van der Waals surface area contributed by atoms with E-state index in [1.165, 1.54) is 0 Å². The van der Waals surface area contributed by atoms with Crippen LogP contribution in [0.3, 0.4) is 0 Å². The van der Waals surface area contributed by atoms with Gasteiger partial charge in [0, 0.05) is 19.5 Å². The molecule has 0 aliphatic carbocycles. The molecular formula is C18H16Br3Cl2NO4. The maximum atomic E-state index is 9.85. The maximum absolute atomic E-state index is 9.85. The van der Waals surface area contributed by atoms with Gasteiger partial charge in [0.15, 0.2) is 0 Å². The summed E-state index contributed by atoms with van der Waals surface area (Å²) in [5, 5.41) is 4.49. The second-order valence-corrected chi connectivity index (χ2v) is 10.2. The first kappa shape index (κ1) is 25.2. The monoisotopic (exact) mass is 617 g/mol. The molecule has 1 atom stereocenters. The molecule has 2 aromatic rings. The van der Waals surface area contributed by atoms with Gasteiger partial charge in [-0.25, -0.2) is 19.4 Å². The topological polar surface area (TPSA) is 64.6 Å². The number of rotatable bonds is 4. The normalized spacial score (nSPS) is 11.1. The molecule has 0 heterocycles. The van der Waals surface area contributed by atoms with Gasteiger partial charge in [0.1, 0.15) is 0 Å². The summed E-state index contributed by atoms with van der Waals surface area (Å²) in [6.07, 6.45) is 0. The number of hydrogen-bond donors (Lipinski definition) is 1. The fourth-order valence-electron chi connectivity index (χ4n) is 1.86. The van der Waals surface area contributed by atoms with Crippen molar-refractivity contribution in [1.82, 2.24) is 0 Å². The van der Waals surface area contributed by atoms with Gasteiger partial charge in [-0.1, -0.05) is 95.3 Å². The van der Waals surface area contributed by atoms with Crippen molar-refractivity contribution in [3.63, 3.8) is 0 Å². The molecule has 1 unspecified atom stereocenters. The summed E-state index contributed by atoms with van der Waals surface area (Å²) in [5.74, 6) is -1.28. The standard InChI is InChI=1S/C14H10Br3Cl2N.C4H6O4/c15-12(14(16)17)8-4-1-2-7-11(8)20-13-9(18)5-3-6-10(13)19;1-3(5)7-8-4(2)6/h1-7,12,14,20H;1-2H3. The van der Waals surface area contributed by atoms with E-state index >= 15 is 0 Å². The summed E-state index contributed by atoms with van der Waals surface area (Å²) in [6.45, 7) is 2.28. The van der Waals surface area contributed by atoms with E-state index in [9.17, 15) is 9.59 Å². The number of anilines is 2. The van der Waals surface area contributed by atoms with Crippen molar-refractivity contribution in [3.8, 4) is 0 Å². The Morgan fingerprint density at radius 1 is 0.893 bits per heavy atom. The number of halogens is 5. The van der Waals surface area contributed by atoms with Gasteiger partial charge in [-0.15, -0.1) is 0 Å². The number of nitrogens with one attached hydrogen (secondary N) is 1. The van der Waals surface area contributed by atoms with Gasteiger partial charge in [0.25, 0.3) is 0 Å². The van der Waals surface area contributed by atoms with Crippen molar-refractivity contribution in [2.45, 2.75) is 22.4 Å². The predicted molar refractivity (Wildman–Crippen MR) is 123 cm³/mol. The smallest absolute Gasteiger partial charge is 0.352 e. The van der Waals surface area contributed by atoms with Crippen molar-refractivity contribution in [2.75, 3.05) is 5.32 Å². The van der Waals surface area contributed by atoms with Gasteiger partial charge in [0.2, 0.25) is 0 Å². The van der Waals surface area contributed by atoms with Gasteiger partial charge >= 0.3 is 11.9 Å². The molecule has 2 rings (SSSR count). The van der Waals surface area contributed by atoms with Gasteiger partial charge < -0.3 is 5.32 Å². The molecule has 0 spiro atoms. The van der Waals surface area contributed by atoms with E-state index in [-0.39, 0.29) is 8.56 Å². The molecule has 0 radical (unpaired) electrons. The first-order valence-electron chi connectivity index (χ1n) is 7.71. The first-order valence-corrected chi connectivity index (χ1v) is 11.2. The highest BCUT2D eigenvalue weighted by molar-refractivity contribution is 9.25. The summed E-state index contributed by atoms with van der Waals surface area (Å²) in [7, 11) is 0.